The normalized spacial score (nSPS) is 21.7. The monoisotopic (exact) mass is 276 g/mol. The molecular formula is C17H28N2O. The summed E-state index contributed by atoms with van der Waals surface area (Å²) in [6, 6.07) is 8.72. The minimum absolute atomic E-state index is 0.125. The van der Waals surface area contributed by atoms with E-state index in [9.17, 15) is 0 Å². The second-order valence-corrected chi connectivity index (χ2v) is 6.44. The van der Waals surface area contributed by atoms with E-state index in [4.69, 9.17) is 10.5 Å². The fourth-order valence-corrected chi connectivity index (χ4v) is 3.43. The van der Waals surface area contributed by atoms with Crippen LogP contribution in [0.4, 0.5) is 5.69 Å². The van der Waals surface area contributed by atoms with Gasteiger partial charge in [-0.25, -0.2) is 0 Å². The van der Waals surface area contributed by atoms with Gasteiger partial charge in [-0.05, 0) is 29.9 Å². The maximum Gasteiger partial charge on any atom is 0.0779 e. The maximum atomic E-state index is 6.21. The zero-order valence-electron chi connectivity index (χ0n) is 13.2. The molecule has 2 N–H and O–H groups in total. The number of rotatable bonds is 5. The molecule has 3 nitrogen and oxygen atoms in total. The summed E-state index contributed by atoms with van der Waals surface area (Å²) >= 11 is 0. The molecule has 2 rings (SSSR count). The average molecular weight is 276 g/mol. The molecule has 1 aliphatic rings. The first-order chi connectivity index (χ1) is 9.55. The van der Waals surface area contributed by atoms with E-state index >= 15 is 0 Å². The number of nitrogens with two attached hydrogens (primary N) is 1. The third-order valence-corrected chi connectivity index (χ3v) is 4.71. The van der Waals surface area contributed by atoms with E-state index in [2.05, 4.69) is 49.9 Å². The molecule has 2 unspecified atom stereocenters. The number of hydrogen-bond donors (Lipinski definition) is 1. The second kappa shape index (κ2) is 6.15. The summed E-state index contributed by atoms with van der Waals surface area (Å²) in [5, 5.41) is 0. The van der Waals surface area contributed by atoms with Crippen LogP contribution in [0.5, 0.6) is 0 Å². The van der Waals surface area contributed by atoms with Crippen LogP contribution in [0.1, 0.15) is 26.3 Å². The van der Waals surface area contributed by atoms with Crippen molar-refractivity contribution < 1.29 is 4.74 Å². The SMILES string of the molecule is COCC(CN)(C(C)C)N1CC(C)Cc2ccccc21. The average Bonchev–Trinajstić information content (AvgIpc) is 2.43. The summed E-state index contributed by atoms with van der Waals surface area (Å²) in [6.45, 7) is 9.14. The molecule has 1 aromatic carbocycles. The molecule has 0 amide bonds. The van der Waals surface area contributed by atoms with Gasteiger partial charge in [0.1, 0.15) is 0 Å². The van der Waals surface area contributed by atoms with Gasteiger partial charge in [0, 0.05) is 25.9 Å². The van der Waals surface area contributed by atoms with Crippen LogP contribution in [0.3, 0.4) is 0 Å². The van der Waals surface area contributed by atoms with Crippen molar-refractivity contribution in [2.75, 3.05) is 31.7 Å². The number of hydrogen-bond acceptors (Lipinski definition) is 3. The molecule has 0 saturated heterocycles. The Bertz CT molecular complexity index is 446. The number of nitrogens with zero attached hydrogens (tertiary/aromatic N) is 1. The van der Waals surface area contributed by atoms with Crippen LogP contribution in [-0.2, 0) is 11.2 Å². The van der Waals surface area contributed by atoms with Crippen molar-refractivity contribution in [1.29, 1.82) is 0 Å². The predicted molar refractivity (Wildman–Crippen MR) is 85.2 cm³/mol. The van der Waals surface area contributed by atoms with Gasteiger partial charge in [-0.2, -0.15) is 0 Å². The van der Waals surface area contributed by atoms with Crippen molar-refractivity contribution in [2.24, 2.45) is 17.6 Å². The summed E-state index contributed by atoms with van der Waals surface area (Å²) in [7, 11) is 1.77. The van der Waals surface area contributed by atoms with Crippen LogP contribution in [-0.4, -0.2) is 32.3 Å². The number of para-hydroxylation sites is 1. The lowest BCUT2D eigenvalue weighted by Crippen LogP contribution is -2.62. The molecule has 112 valence electrons. The molecular weight excluding hydrogens is 248 g/mol. The summed E-state index contributed by atoms with van der Waals surface area (Å²) in [5.41, 5.74) is 8.85. The fraction of sp³-hybridized carbons (Fsp3) is 0.647. The Balaban J connectivity index is 2.48. The maximum absolute atomic E-state index is 6.21. The molecule has 2 atom stereocenters. The molecule has 20 heavy (non-hydrogen) atoms. The molecule has 0 radical (unpaired) electrons. The summed E-state index contributed by atoms with van der Waals surface area (Å²) in [6.07, 6.45) is 1.15. The predicted octanol–water partition coefficient (Wildman–Crippen LogP) is 2.69. The molecule has 0 saturated carbocycles. The first-order valence-electron chi connectivity index (χ1n) is 7.59. The van der Waals surface area contributed by atoms with Crippen LogP contribution in [0.2, 0.25) is 0 Å². The van der Waals surface area contributed by atoms with E-state index in [0.29, 0.717) is 25.0 Å². The molecule has 0 fully saturated rings. The number of anilines is 1. The highest BCUT2D eigenvalue weighted by Crippen LogP contribution is 2.37. The van der Waals surface area contributed by atoms with Crippen LogP contribution in [0.25, 0.3) is 0 Å². The Morgan fingerprint density at radius 3 is 2.70 bits per heavy atom. The zero-order valence-corrected chi connectivity index (χ0v) is 13.2. The van der Waals surface area contributed by atoms with Gasteiger partial charge < -0.3 is 15.4 Å². The molecule has 0 spiro atoms. The van der Waals surface area contributed by atoms with Crippen LogP contribution >= 0.6 is 0 Å². The number of fused-ring (bicyclic) bond motifs is 1. The van der Waals surface area contributed by atoms with Gasteiger partial charge in [0.2, 0.25) is 0 Å². The van der Waals surface area contributed by atoms with Gasteiger partial charge in [-0.1, -0.05) is 39.0 Å². The van der Waals surface area contributed by atoms with Crippen molar-refractivity contribution in [2.45, 2.75) is 32.7 Å². The fourth-order valence-electron chi connectivity index (χ4n) is 3.43. The minimum atomic E-state index is -0.125. The standard InChI is InChI=1S/C17H28N2O/c1-13(2)17(11-18,12-20-4)19-10-14(3)9-15-7-5-6-8-16(15)19/h5-8,13-14H,9-12,18H2,1-4H3. The second-order valence-electron chi connectivity index (χ2n) is 6.44. The van der Waals surface area contributed by atoms with E-state index < -0.39 is 0 Å². The van der Waals surface area contributed by atoms with Gasteiger partial charge >= 0.3 is 0 Å². The molecule has 1 aromatic rings. The molecule has 1 heterocycles. The van der Waals surface area contributed by atoms with E-state index in [1.165, 1.54) is 11.3 Å². The largest absolute Gasteiger partial charge is 0.382 e. The van der Waals surface area contributed by atoms with Crippen molar-refractivity contribution in [3.05, 3.63) is 29.8 Å². The van der Waals surface area contributed by atoms with Gasteiger partial charge in [0.15, 0.2) is 0 Å². The van der Waals surface area contributed by atoms with E-state index in [1.54, 1.807) is 7.11 Å². The van der Waals surface area contributed by atoms with Crippen LogP contribution in [0, 0.1) is 11.8 Å². The smallest absolute Gasteiger partial charge is 0.0779 e. The topological polar surface area (TPSA) is 38.5 Å². The molecule has 0 bridgehead atoms. The van der Waals surface area contributed by atoms with Gasteiger partial charge in [-0.15, -0.1) is 0 Å². The van der Waals surface area contributed by atoms with Crippen molar-refractivity contribution >= 4 is 5.69 Å². The van der Waals surface area contributed by atoms with Gasteiger partial charge in [0.25, 0.3) is 0 Å². The number of ether oxygens (including phenoxy) is 1. The molecule has 0 aliphatic carbocycles. The molecule has 3 heteroatoms. The van der Waals surface area contributed by atoms with E-state index in [1.807, 2.05) is 0 Å². The Hall–Kier alpha value is -1.06. The highest BCUT2D eigenvalue weighted by atomic mass is 16.5. The summed E-state index contributed by atoms with van der Waals surface area (Å²) in [4.78, 5) is 2.50. The summed E-state index contributed by atoms with van der Waals surface area (Å²) < 4.78 is 5.54. The quantitative estimate of drug-likeness (QED) is 0.898. The third-order valence-electron chi connectivity index (χ3n) is 4.71. The molecule has 1 aliphatic heterocycles. The Labute approximate surface area is 123 Å². The number of benzene rings is 1. The third kappa shape index (κ3) is 2.57. The van der Waals surface area contributed by atoms with E-state index in [-0.39, 0.29) is 5.54 Å². The lowest BCUT2D eigenvalue weighted by atomic mass is 9.81. The Kier molecular flexibility index (Phi) is 4.71. The lowest BCUT2D eigenvalue weighted by Gasteiger charge is -2.51. The van der Waals surface area contributed by atoms with Crippen molar-refractivity contribution in [1.82, 2.24) is 0 Å². The minimum Gasteiger partial charge on any atom is -0.382 e. The summed E-state index contributed by atoms with van der Waals surface area (Å²) in [5.74, 6) is 1.08. The van der Waals surface area contributed by atoms with Crippen molar-refractivity contribution in [3.63, 3.8) is 0 Å². The Morgan fingerprint density at radius 1 is 1.40 bits per heavy atom. The van der Waals surface area contributed by atoms with Crippen LogP contribution in [0.15, 0.2) is 24.3 Å². The highest BCUT2D eigenvalue weighted by Gasteiger charge is 2.41. The number of methoxy groups -OCH3 is 1. The zero-order chi connectivity index (χ0) is 14.8. The highest BCUT2D eigenvalue weighted by molar-refractivity contribution is 5.58. The lowest BCUT2D eigenvalue weighted by molar-refractivity contribution is 0.0992. The first kappa shape index (κ1) is 15.3. The van der Waals surface area contributed by atoms with Crippen molar-refractivity contribution in [3.8, 4) is 0 Å². The van der Waals surface area contributed by atoms with Crippen LogP contribution < -0.4 is 10.6 Å². The van der Waals surface area contributed by atoms with E-state index in [0.717, 1.165) is 13.0 Å². The Morgan fingerprint density at radius 2 is 2.10 bits per heavy atom. The molecule has 0 aromatic heterocycles. The first-order valence-corrected chi connectivity index (χ1v) is 7.59. The van der Waals surface area contributed by atoms with Gasteiger partial charge in [-0.3, -0.25) is 0 Å². The van der Waals surface area contributed by atoms with Gasteiger partial charge in [0.05, 0.1) is 12.1 Å².